The minimum absolute atomic E-state index is 0.252. The highest BCUT2D eigenvalue weighted by atomic mass is 32.2. The number of halogens is 1. The molecule has 1 aliphatic heterocycles. The molecule has 0 saturated carbocycles. The summed E-state index contributed by atoms with van der Waals surface area (Å²) in [4.78, 5) is 11.7. The Kier molecular flexibility index (Phi) is 7.02. The number of methoxy groups -OCH3 is 1. The highest BCUT2D eigenvalue weighted by molar-refractivity contribution is 7.88. The molecule has 1 saturated heterocycles. The molecule has 1 fully saturated rings. The third-order valence-corrected chi connectivity index (χ3v) is 7.02. The molecule has 1 aliphatic rings. The fourth-order valence-corrected chi connectivity index (χ4v) is 4.82. The molecule has 0 unspecified atom stereocenters. The minimum Gasteiger partial charge on any atom is -0.378 e. The van der Waals surface area contributed by atoms with Gasteiger partial charge in [-0.3, -0.25) is 0 Å². The molecule has 4 rings (SSSR count). The first kappa shape index (κ1) is 23.3. The second kappa shape index (κ2) is 9.94. The highest BCUT2D eigenvalue weighted by Crippen LogP contribution is 2.30. The third kappa shape index (κ3) is 5.38. The van der Waals surface area contributed by atoms with E-state index >= 15 is 0 Å². The van der Waals surface area contributed by atoms with Crippen molar-refractivity contribution in [2.75, 3.05) is 44.4 Å². The summed E-state index contributed by atoms with van der Waals surface area (Å²) in [5.41, 5.74) is 2.88. The molecule has 2 aromatic carbocycles. The second-order valence-corrected chi connectivity index (χ2v) is 9.99. The average Bonchev–Trinajstić information content (AvgIpc) is 2.81. The average molecular weight is 471 g/mol. The van der Waals surface area contributed by atoms with E-state index < -0.39 is 10.0 Å². The first-order chi connectivity index (χ1) is 15.9. The van der Waals surface area contributed by atoms with Crippen LogP contribution in [0.25, 0.3) is 11.4 Å². The second-order valence-electron chi connectivity index (χ2n) is 8.01. The van der Waals surface area contributed by atoms with E-state index in [2.05, 4.69) is 4.90 Å². The van der Waals surface area contributed by atoms with Gasteiger partial charge in [0.1, 0.15) is 11.6 Å². The number of sulfonamides is 1. The molecule has 0 N–H and O–H groups in total. The van der Waals surface area contributed by atoms with Crippen LogP contribution in [0.5, 0.6) is 0 Å². The molecule has 0 aliphatic carbocycles. The van der Waals surface area contributed by atoms with Gasteiger partial charge in [0.05, 0.1) is 18.6 Å². The molecule has 0 atom stereocenters. The van der Waals surface area contributed by atoms with Crippen molar-refractivity contribution in [3.05, 3.63) is 77.2 Å². The lowest BCUT2D eigenvalue weighted by atomic mass is 10.0. The molecule has 0 spiro atoms. The maximum absolute atomic E-state index is 14.5. The molecular weight excluding hydrogens is 443 g/mol. The zero-order valence-electron chi connectivity index (χ0n) is 18.7. The summed E-state index contributed by atoms with van der Waals surface area (Å²) in [6, 6.07) is 16.3. The fraction of sp³-hybridized carbons (Fsp3) is 0.333. The summed E-state index contributed by atoms with van der Waals surface area (Å²) < 4.78 is 45.4. The molecular formula is C24H27FN4O3S. The van der Waals surface area contributed by atoms with Crippen molar-refractivity contribution in [3.63, 3.8) is 0 Å². The number of rotatable bonds is 7. The Bertz CT molecular complexity index is 1210. The van der Waals surface area contributed by atoms with Gasteiger partial charge in [-0.2, -0.15) is 4.31 Å². The lowest BCUT2D eigenvalue weighted by molar-refractivity contribution is 0.180. The Hall–Kier alpha value is -2.88. The topological polar surface area (TPSA) is 75.6 Å². The number of ether oxygens (including phenoxy) is 1. The smallest absolute Gasteiger partial charge is 0.211 e. The van der Waals surface area contributed by atoms with E-state index in [-0.39, 0.29) is 12.4 Å². The van der Waals surface area contributed by atoms with Gasteiger partial charge in [0, 0.05) is 50.8 Å². The van der Waals surface area contributed by atoms with Gasteiger partial charge in [-0.25, -0.2) is 22.8 Å². The Morgan fingerprint density at radius 1 is 0.970 bits per heavy atom. The molecule has 1 aromatic heterocycles. The number of nitrogens with zero attached hydrogens (tertiary/aromatic N) is 4. The Labute approximate surface area is 193 Å². The molecule has 0 radical (unpaired) electrons. The van der Waals surface area contributed by atoms with Crippen LogP contribution in [-0.2, 0) is 27.8 Å². The highest BCUT2D eigenvalue weighted by Gasteiger charge is 2.27. The molecule has 174 valence electrons. The van der Waals surface area contributed by atoms with Crippen LogP contribution in [0.2, 0.25) is 0 Å². The lowest BCUT2D eigenvalue weighted by Crippen LogP contribution is -2.49. The van der Waals surface area contributed by atoms with Gasteiger partial charge < -0.3 is 9.64 Å². The minimum atomic E-state index is -3.26. The number of hydrogen-bond donors (Lipinski definition) is 0. The van der Waals surface area contributed by atoms with E-state index in [0.29, 0.717) is 55.5 Å². The van der Waals surface area contributed by atoms with Crippen LogP contribution in [0.3, 0.4) is 0 Å². The molecule has 0 bridgehead atoms. The zero-order chi connectivity index (χ0) is 23.4. The molecule has 3 aromatic rings. The van der Waals surface area contributed by atoms with E-state index in [4.69, 9.17) is 14.7 Å². The normalized spacial score (nSPS) is 15.1. The first-order valence-electron chi connectivity index (χ1n) is 10.7. The largest absolute Gasteiger partial charge is 0.378 e. The molecule has 33 heavy (non-hydrogen) atoms. The van der Waals surface area contributed by atoms with Gasteiger partial charge in [0.15, 0.2) is 5.82 Å². The van der Waals surface area contributed by atoms with Crippen molar-refractivity contribution in [1.82, 2.24) is 14.3 Å². The Morgan fingerprint density at radius 2 is 1.64 bits per heavy atom. The summed E-state index contributed by atoms with van der Waals surface area (Å²) in [6.45, 7) is 1.94. The van der Waals surface area contributed by atoms with E-state index in [0.717, 1.165) is 11.1 Å². The van der Waals surface area contributed by atoms with Crippen LogP contribution in [0.4, 0.5) is 10.2 Å². The molecule has 2 heterocycles. The number of piperazine rings is 1. The molecule has 7 nitrogen and oxygen atoms in total. The maximum atomic E-state index is 14.5. The van der Waals surface area contributed by atoms with Crippen LogP contribution in [-0.4, -0.2) is 62.2 Å². The van der Waals surface area contributed by atoms with Crippen LogP contribution >= 0.6 is 0 Å². The summed E-state index contributed by atoms with van der Waals surface area (Å²) in [5, 5.41) is 0. The monoisotopic (exact) mass is 470 g/mol. The van der Waals surface area contributed by atoms with Crippen molar-refractivity contribution >= 4 is 15.8 Å². The van der Waals surface area contributed by atoms with Gasteiger partial charge in [0.2, 0.25) is 10.0 Å². The molecule has 0 amide bonds. The van der Waals surface area contributed by atoms with Gasteiger partial charge in [-0.15, -0.1) is 0 Å². The number of anilines is 1. The summed E-state index contributed by atoms with van der Waals surface area (Å²) in [5.74, 6) is 0.952. The van der Waals surface area contributed by atoms with Crippen LogP contribution < -0.4 is 4.90 Å². The maximum Gasteiger partial charge on any atom is 0.211 e. The lowest BCUT2D eigenvalue weighted by Gasteiger charge is -2.35. The van der Waals surface area contributed by atoms with Gasteiger partial charge in [-0.05, 0) is 11.6 Å². The van der Waals surface area contributed by atoms with E-state index in [1.54, 1.807) is 25.3 Å². The third-order valence-electron chi connectivity index (χ3n) is 5.72. The summed E-state index contributed by atoms with van der Waals surface area (Å²) in [7, 11) is -1.66. The van der Waals surface area contributed by atoms with Gasteiger partial charge in [-0.1, -0.05) is 48.5 Å². The number of aromatic nitrogens is 2. The van der Waals surface area contributed by atoms with Crippen molar-refractivity contribution in [2.45, 2.75) is 13.0 Å². The quantitative estimate of drug-likeness (QED) is 0.528. The predicted molar refractivity (Wildman–Crippen MR) is 126 cm³/mol. The van der Waals surface area contributed by atoms with Crippen molar-refractivity contribution < 1.29 is 17.5 Å². The Morgan fingerprint density at radius 3 is 2.27 bits per heavy atom. The SMILES string of the molecule is COCc1nc(-c2ccccc2)nc(N2CCN(S(C)(=O)=O)CC2)c1Cc1ccccc1F. The summed E-state index contributed by atoms with van der Waals surface area (Å²) in [6.07, 6.45) is 1.53. The van der Waals surface area contributed by atoms with Gasteiger partial charge in [0.25, 0.3) is 0 Å². The summed E-state index contributed by atoms with van der Waals surface area (Å²) >= 11 is 0. The molecule has 9 heteroatoms. The van der Waals surface area contributed by atoms with Crippen LogP contribution in [0.1, 0.15) is 16.8 Å². The van der Waals surface area contributed by atoms with Crippen molar-refractivity contribution in [3.8, 4) is 11.4 Å². The first-order valence-corrected chi connectivity index (χ1v) is 12.6. The van der Waals surface area contributed by atoms with E-state index in [1.165, 1.54) is 16.6 Å². The van der Waals surface area contributed by atoms with Crippen molar-refractivity contribution in [2.24, 2.45) is 0 Å². The Balaban J connectivity index is 1.80. The zero-order valence-corrected chi connectivity index (χ0v) is 19.6. The fourth-order valence-electron chi connectivity index (χ4n) is 4.00. The number of benzene rings is 2. The van der Waals surface area contributed by atoms with E-state index in [9.17, 15) is 12.8 Å². The van der Waals surface area contributed by atoms with Crippen LogP contribution in [0.15, 0.2) is 54.6 Å². The predicted octanol–water partition coefficient (Wildman–Crippen LogP) is 3.10. The van der Waals surface area contributed by atoms with Crippen molar-refractivity contribution in [1.29, 1.82) is 0 Å². The standard InChI is InChI=1S/C24H27FN4O3S/c1-32-17-22-20(16-19-10-6-7-11-21(19)25)24(27-23(26-22)18-8-4-3-5-9-18)28-12-14-29(15-13-28)33(2,30)31/h3-11H,12-17H2,1-2H3. The van der Waals surface area contributed by atoms with E-state index in [1.807, 2.05) is 30.3 Å². The number of hydrogen-bond acceptors (Lipinski definition) is 6. The van der Waals surface area contributed by atoms with Gasteiger partial charge >= 0.3 is 0 Å². The van der Waals surface area contributed by atoms with Crippen LogP contribution in [0, 0.1) is 5.82 Å².